The van der Waals surface area contributed by atoms with Gasteiger partial charge in [-0.05, 0) is 6.42 Å². The predicted octanol–water partition coefficient (Wildman–Crippen LogP) is 3.40. The van der Waals surface area contributed by atoms with Crippen molar-refractivity contribution >= 4 is 27.5 Å². The molecular formula is C21H20N2O4S2. The fraction of sp³-hybridized carbons (Fsp3) is 0.238. The fourth-order valence-electron chi connectivity index (χ4n) is 3.24. The van der Waals surface area contributed by atoms with Crippen molar-refractivity contribution in [1.82, 2.24) is 10.3 Å². The first kappa shape index (κ1) is 19.7. The average Bonchev–Trinajstić information content (AvgIpc) is 3.31. The topological polar surface area (TPSA) is 89.3 Å². The molecule has 0 bridgehead atoms. The van der Waals surface area contributed by atoms with Gasteiger partial charge in [-0.2, -0.15) is 0 Å². The molecule has 2 aromatic carbocycles. The van der Waals surface area contributed by atoms with Gasteiger partial charge in [-0.15, -0.1) is 0 Å². The third-order valence-electron chi connectivity index (χ3n) is 4.62. The lowest BCUT2D eigenvalue weighted by Gasteiger charge is -2.09. The summed E-state index contributed by atoms with van der Waals surface area (Å²) in [5.41, 5.74) is 2.57. The largest absolute Gasteiger partial charge is 0.431 e. The minimum atomic E-state index is -3.02. The number of oxazole rings is 1. The summed E-state index contributed by atoms with van der Waals surface area (Å²) in [6.07, 6.45) is 0.466. The molecule has 1 saturated heterocycles. The molecule has 2 heterocycles. The number of carbonyl (C=O) groups excluding carboxylic acids is 1. The van der Waals surface area contributed by atoms with Gasteiger partial charge in [0.05, 0.1) is 17.3 Å². The number of hydrogen-bond acceptors (Lipinski definition) is 6. The van der Waals surface area contributed by atoms with E-state index in [4.69, 9.17) is 4.42 Å². The molecule has 1 fully saturated rings. The lowest BCUT2D eigenvalue weighted by molar-refractivity contribution is -0.119. The zero-order valence-electron chi connectivity index (χ0n) is 15.6. The number of aromatic nitrogens is 1. The van der Waals surface area contributed by atoms with Crippen LogP contribution in [0.5, 0.6) is 0 Å². The van der Waals surface area contributed by atoms with Crippen LogP contribution in [0.2, 0.25) is 0 Å². The summed E-state index contributed by atoms with van der Waals surface area (Å²) >= 11 is 1.20. The molecule has 0 saturated carbocycles. The number of thioether (sulfide) groups is 1. The molecule has 0 unspecified atom stereocenters. The second kappa shape index (κ2) is 8.42. The van der Waals surface area contributed by atoms with Crippen LogP contribution in [0.4, 0.5) is 0 Å². The summed E-state index contributed by atoms with van der Waals surface area (Å²) in [4.78, 5) is 16.8. The molecular weight excluding hydrogens is 408 g/mol. The monoisotopic (exact) mass is 428 g/mol. The van der Waals surface area contributed by atoms with Crippen molar-refractivity contribution in [2.24, 2.45) is 0 Å². The zero-order chi connectivity index (χ0) is 20.3. The molecule has 29 heavy (non-hydrogen) atoms. The molecule has 1 N–H and O–H groups in total. The molecule has 8 heteroatoms. The molecule has 0 radical (unpaired) electrons. The van der Waals surface area contributed by atoms with Crippen LogP contribution in [0.15, 0.2) is 70.3 Å². The summed E-state index contributed by atoms with van der Waals surface area (Å²) in [7, 11) is -3.02. The van der Waals surface area contributed by atoms with E-state index in [0.29, 0.717) is 17.4 Å². The second-order valence-corrected chi connectivity index (χ2v) is 10.0. The van der Waals surface area contributed by atoms with Gasteiger partial charge in [0.1, 0.15) is 5.69 Å². The number of rotatable bonds is 6. The smallest absolute Gasteiger partial charge is 0.257 e. The van der Waals surface area contributed by atoms with E-state index in [0.717, 1.165) is 16.8 Å². The fourth-order valence-corrected chi connectivity index (χ4v) is 5.55. The molecule has 1 amide bonds. The molecule has 4 rings (SSSR count). The van der Waals surface area contributed by atoms with Crippen LogP contribution in [0.3, 0.4) is 0 Å². The minimum absolute atomic E-state index is 0.0126. The number of amides is 1. The summed E-state index contributed by atoms with van der Waals surface area (Å²) in [5, 5.41) is 3.18. The van der Waals surface area contributed by atoms with E-state index >= 15 is 0 Å². The Morgan fingerprint density at radius 2 is 1.72 bits per heavy atom. The van der Waals surface area contributed by atoms with Crippen molar-refractivity contribution in [3.8, 4) is 22.6 Å². The summed E-state index contributed by atoms with van der Waals surface area (Å²) < 4.78 is 29.0. The number of carbonyl (C=O) groups is 1. The summed E-state index contributed by atoms with van der Waals surface area (Å²) in [5.74, 6) is 0.684. The van der Waals surface area contributed by atoms with E-state index in [1.165, 1.54) is 11.8 Å². The number of hydrogen-bond donors (Lipinski definition) is 1. The van der Waals surface area contributed by atoms with Crippen molar-refractivity contribution in [2.75, 3.05) is 17.3 Å². The molecule has 1 aliphatic heterocycles. The Hall–Kier alpha value is -2.58. The van der Waals surface area contributed by atoms with Gasteiger partial charge in [-0.25, -0.2) is 13.4 Å². The van der Waals surface area contributed by atoms with E-state index in [1.54, 1.807) is 0 Å². The Morgan fingerprint density at radius 1 is 1.07 bits per heavy atom. The van der Waals surface area contributed by atoms with Crippen LogP contribution < -0.4 is 5.32 Å². The summed E-state index contributed by atoms with van der Waals surface area (Å²) in [6, 6.07) is 19.1. The SMILES string of the molecule is O=C(CSc1nc(-c2ccccc2)c(-c2ccccc2)o1)N[C@@H]1CCS(=O)(=O)C1. The van der Waals surface area contributed by atoms with Gasteiger partial charge < -0.3 is 9.73 Å². The normalized spacial score (nSPS) is 17.9. The molecule has 3 aromatic rings. The highest BCUT2D eigenvalue weighted by Gasteiger charge is 2.29. The average molecular weight is 429 g/mol. The van der Waals surface area contributed by atoms with Crippen LogP contribution in [0.1, 0.15) is 6.42 Å². The van der Waals surface area contributed by atoms with Crippen molar-refractivity contribution in [3.05, 3.63) is 60.7 Å². The molecule has 0 spiro atoms. The molecule has 1 atom stereocenters. The third kappa shape index (κ3) is 4.89. The van der Waals surface area contributed by atoms with Gasteiger partial charge in [0, 0.05) is 17.2 Å². The Morgan fingerprint density at radius 3 is 2.34 bits per heavy atom. The first-order valence-electron chi connectivity index (χ1n) is 9.24. The second-order valence-electron chi connectivity index (χ2n) is 6.85. The van der Waals surface area contributed by atoms with Gasteiger partial charge in [-0.3, -0.25) is 4.79 Å². The lowest BCUT2D eigenvalue weighted by atomic mass is 10.1. The van der Waals surface area contributed by atoms with Crippen molar-refractivity contribution in [1.29, 1.82) is 0 Å². The van der Waals surface area contributed by atoms with Crippen LogP contribution in [-0.2, 0) is 14.6 Å². The maximum atomic E-state index is 12.2. The third-order valence-corrected chi connectivity index (χ3v) is 7.21. The van der Waals surface area contributed by atoms with E-state index in [-0.39, 0.29) is 29.2 Å². The van der Waals surface area contributed by atoms with Gasteiger partial charge in [0.2, 0.25) is 5.91 Å². The highest BCUT2D eigenvalue weighted by Crippen LogP contribution is 2.35. The summed E-state index contributed by atoms with van der Waals surface area (Å²) in [6.45, 7) is 0. The van der Waals surface area contributed by atoms with E-state index in [1.807, 2.05) is 60.7 Å². The number of nitrogens with one attached hydrogen (secondary N) is 1. The predicted molar refractivity (Wildman–Crippen MR) is 113 cm³/mol. The Balaban J connectivity index is 1.49. The van der Waals surface area contributed by atoms with E-state index < -0.39 is 9.84 Å². The van der Waals surface area contributed by atoms with Gasteiger partial charge >= 0.3 is 0 Å². The molecule has 1 aliphatic rings. The number of nitrogens with zero attached hydrogens (tertiary/aromatic N) is 1. The Kier molecular flexibility index (Phi) is 5.73. The highest BCUT2D eigenvalue weighted by molar-refractivity contribution is 7.99. The molecule has 0 aliphatic carbocycles. The quantitative estimate of drug-likeness (QED) is 0.605. The van der Waals surface area contributed by atoms with Crippen LogP contribution in [-0.4, -0.2) is 42.6 Å². The van der Waals surface area contributed by atoms with Gasteiger partial charge in [0.15, 0.2) is 15.6 Å². The highest BCUT2D eigenvalue weighted by atomic mass is 32.2. The van der Waals surface area contributed by atoms with E-state index in [2.05, 4.69) is 10.3 Å². The Bertz CT molecular complexity index is 1040. The Labute approximate surface area is 173 Å². The number of benzene rings is 2. The molecule has 1 aromatic heterocycles. The van der Waals surface area contributed by atoms with Crippen molar-refractivity contribution < 1.29 is 17.6 Å². The minimum Gasteiger partial charge on any atom is -0.431 e. The maximum absolute atomic E-state index is 12.2. The molecule has 150 valence electrons. The maximum Gasteiger partial charge on any atom is 0.257 e. The first-order chi connectivity index (χ1) is 14.0. The zero-order valence-corrected chi connectivity index (χ0v) is 17.2. The van der Waals surface area contributed by atoms with Crippen LogP contribution in [0.25, 0.3) is 22.6 Å². The number of sulfone groups is 1. The lowest BCUT2D eigenvalue weighted by Crippen LogP contribution is -2.36. The van der Waals surface area contributed by atoms with Crippen molar-refractivity contribution in [2.45, 2.75) is 17.7 Å². The van der Waals surface area contributed by atoms with Crippen LogP contribution >= 0.6 is 11.8 Å². The van der Waals surface area contributed by atoms with Gasteiger partial charge in [-0.1, -0.05) is 72.4 Å². The van der Waals surface area contributed by atoms with Crippen LogP contribution in [0, 0.1) is 0 Å². The van der Waals surface area contributed by atoms with Gasteiger partial charge in [0.25, 0.3) is 5.22 Å². The molecule has 6 nitrogen and oxygen atoms in total. The van der Waals surface area contributed by atoms with Crippen molar-refractivity contribution in [3.63, 3.8) is 0 Å². The standard InChI is InChI=1S/C21H20N2O4S2/c24-18(22-17-11-12-29(25,26)14-17)13-28-21-23-19(15-7-3-1-4-8-15)20(27-21)16-9-5-2-6-10-16/h1-10,17H,11-14H2,(H,22,24)/t17-/m1/s1. The first-order valence-corrected chi connectivity index (χ1v) is 12.1. The van der Waals surface area contributed by atoms with E-state index in [9.17, 15) is 13.2 Å².